The zero-order valence-electron chi connectivity index (χ0n) is 10.8. The van der Waals surface area contributed by atoms with Crippen LogP contribution in [0.25, 0.3) is 0 Å². The van der Waals surface area contributed by atoms with Gasteiger partial charge in [-0.1, -0.05) is 0 Å². The van der Waals surface area contributed by atoms with Crippen LogP contribution in [0.3, 0.4) is 0 Å². The van der Waals surface area contributed by atoms with Crippen LogP contribution in [-0.2, 0) is 14.4 Å². The molecule has 7 heteroatoms. The molecule has 2 N–H and O–H groups in total. The predicted molar refractivity (Wildman–Crippen MR) is 71.8 cm³/mol. The largest absolute Gasteiger partial charge is 0.353 e. The highest BCUT2D eigenvalue weighted by Gasteiger charge is 2.28. The van der Waals surface area contributed by atoms with Gasteiger partial charge in [0.25, 0.3) is 0 Å². The van der Waals surface area contributed by atoms with Crippen molar-refractivity contribution in [1.29, 1.82) is 0 Å². The van der Waals surface area contributed by atoms with Gasteiger partial charge in [-0.05, 0) is 25.3 Å². The third kappa shape index (κ3) is 5.16. The average Bonchev–Trinajstić information content (AvgIpc) is 3.10. The van der Waals surface area contributed by atoms with E-state index in [9.17, 15) is 14.4 Å². The summed E-state index contributed by atoms with van der Waals surface area (Å²) in [4.78, 5) is 35.2. The SMILES string of the molecule is Cl.O=C(CNCC1CC1)NCCN1C(=O)CCC1=O. The van der Waals surface area contributed by atoms with Crippen LogP contribution in [0, 0.1) is 5.92 Å². The van der Waals surface area contributed by atoms with Gasteiger partial charge in [0, 0.05) is 25.9 Å². The summed E-state index contributed by atoms with van der Waals surface area (Å²) in [7, 11) is 0. The van der Waals surface area contributed by atoms with Crippen molar-refractivity contribution in [2.75, 3.05) is 26.2 Å². The van der Waals surface area contributed by atoms with E-state index in [1.165, 1.54) is 17.7 Å². The molecular weight excluding hydrogens is 270 g/mol. The molecule has 1 saturated carbocycles. The minimum Gasteiger partial charge on any atom is -0.353 e. The molecular formula is C12H20ClN3O3. The maximum Gasteiger partial charge on any atom is 0.234 e. The van der Waals surface area contributed by atoms with Crippen LogP contribution in [-0.4, -0.2) is 48.8 Å². The number of amides is 3. The second-order valence-electron chi connectivity index (χ2n) is 4.86. The Balaban J connectivity index is 0.00000180. The number of hydrogen-bond donors (Lipinski definition) is 2. The summed E-state index contributed by atoms with van der Waals surface area (Å²) in [6.07, 6.45) is 3.12. The highest BCUT2D eigenvalue weighted by molar-refractivity contribution is 6.01. The van der Waals surface area contributed by atoms with Crippen LogP contribution in [0.15, 0.2) is 0 Å². The van der Waals surface area contributed by atoms with Crippen LogP contribution < -0.4 is 10.6 Å². The third-order valence-electron chi connectivity index (χ3n) is 3.23. The van der Waals surface area contributed by atoms with Gasteiger partial charge in [-0.2, -0.15) is 0 Å². The fourth-order valence-electron chi connectivity index (χ4n) is 1.95. The molecule has 0 atom stereocenters. The van der Waals surface area contributed by atoms with Crippen molar-refractivity contribution < 1.29 is 14.4 Å². The molecule has 3 amide bonds. The molecule has 0 aromatic rings. The quantitative estimate of drug-likeness (QED) is 0.629. The molecule has 1 aliphatic carbocycles. The number of carbonyl (C=O) groups excluding carboxylic acids is 3. The molecule has 0 radical (unpaired) electrons. The summed E-state index contributed by atoms with van der Waals surface area (Å²) in [5.74, 6) is 0.384. The topological polar surface area (TPSA) is 78.5 Å². The molecule has 0 aromatic heterocycles. The molecule has 2 rings (SSSR count). The number of carbonyl (C=O) groups is 3. The van der Waals surface area contributed by atoms with Crippen LogP contribution in [0.4, 0.5) is 0 Å². The van der Waals surface area contributed by atoms with Gasteiger partial charge in [-0.15, -0.1) is 12.4 Å². The molecule has 19 heavy (non-hydrogen) atoms. The fraction of sp³-hybridized carbons (Fsp3) is 0.750. The Kier molecular flexibility index (Phi) is 6.24. The van der Waals surface area contributed by atoms with E-state index in [-0.39, 0.29) is 36.7 Å². The van der Waals surface area contributed by atoms with Crippen molar-refractivity contribution in [3.8, 4) is 0 Å². The van der Waals surface area contributed by atoms with Crippen molar-refractivity contribution in [3.05, 3.63) is 0 Å². The molecule has 0 aromatic carbocycles. The Morgan fingerprint density at radius 2 is 1.84 bits per heavy atom. The monoisotopic (exact) mass is 289 g/mol. The maximum absolute atomic E-state index is 11.4. The first-order chi connectivity index (χ1) is 8.66. The molecule has 0 spiro atoms. The van der Waals surface area contributed by atoms with E-state index in [4.69, 9.17) is 0 Å². The van der Waals surface area contributed by atoms with Crippen molar-refractivity contribution >= 4 is 30.1 Å². The lowest BCUT2D eigenvalue weighted by Crippen LogP contribution is -2.40. The van der Waals surface area contributed by atoms with Gasteiger partial charge in [0.1, 0.15) is 0 Å². The van der Waals surface area contributed by atoms with E-state index in [0.717, 1.165) is 12.5 Å². The zero-order chi connectivity index (χ0) is 13.0. The van der Waals surface area contributed by atoms with Crippen LogP contribution >= 0.6 is 12.4 Å². The standard InChI is InChI=1S/C12H19N3O3.ClH/c16-10(8-13-7-9-1-2-9)14-5-6-15-11(17)3-4-12(15)18;/h9,13H,1-8H2,(H,14,16);1H. The van der Waals surface area contributed by atoms with E-state index in [2.05, 4.69) is 10.6 Å². The summed E-state index contributed by atoms with van der Waals surface area (Å²) in [6, 6.07) is 0. The highest BCUT2D eigenvalue weighted by Crippen LogP contribution is 2.27. The lowest BCUT2D eigenvalue weighted by molar-refractivity contribution is -0.138. The van der Waals surface area contributed by atoms with Crippen molar-refractivity contribution in [3.63, 3.8) is 0 Å². The summed E-state index contributed by atoms with van der Waals surface area (Å²) < 4.78 is 0. The van der Waals surface area contributed by atoms with E-state index >= 15 is 0 Å². The molecule has 6 nitrogen and oxygen atoms in total. The van der Waals surface area contributed by atoms with Gasteiger partial charge in [-0.3, -0.25) is 19.3 Å². The third-order valence-corrected chi connectivity index (χ3v) is 3.23. The first-order valence-electron chi connectivity index (χ1n) is 6.47. The smallest absolute Gasteiger partial charge is 0.234 e. The Bertz CT molecular complexity index is 342. The molecule has 0 bridgehead atoms. The number of rotatable bonds is 7. The lowest BCUT2D eigenvalue weighted by Gasteiger charge is -2.14. The predicted octanol–water partition coefficient (Wildman–Crippen LogP) is -0.327. The number of imide groups is 1. The highest BCUT2D eigenvalue weighted by atomic mass is 35.5. The molecule has 1 saturated heterocycles. The molecule has 1 heterocycles. The Labute approximate surface area is 118 Å². The maximum atomic E-state index is 11.4. The van der Waals surface area contributed by atoms with Crippen molar-refractivity contribution in [2.45, 2.75) is 25.7 Å². The summed E-state index contributed by atoms with van der Waals surface area (Å²) in [6.45, 7) is 1.82. The minimum absolute atomic E-state index is 0. The van der Waals surface area contributed by atoms with Gasteiger partial charge < -0.3 is 10.6 Å². The fourth-order valence-corrected chi connectivity index (χ4v) is 1.95. The van der Waals surface area contributed by atoms with Crippen LogP contribution in [0.1, 0.15) is 25.7 Å². The molecule has 2 aliphatic rings. The van der Waals surface area contributed by atoms with Crippen LogP contribution in [0.2, 0.25) is 0 Å². The Morgan fingerprint density at radius 1 is 1.21 bits per heavy atom. The minimum atomic E-state index is -0.138. The number of likely N-dealkylation sites (tertiary alicyclic amines) is 1. The van der Waals surface area contributed by atoms with Gasteiger partial charge in [0.05, 0.1) is 6.54 Å². The van der Waals surface area contributed by atoms with Crippen LogP contribution in [0.5, 0.6) is 0 Å². The number of hydrogen-bond acceptors (Lipinski definition) is 4. The summed E-state index contributed by atoms with van der Waals surface area (Å²) in [5, 5.41) is 5.78. The first-order valence-corrected chi connectivity index (χ1v) is 6.47. The molecule has 0 unspecified atom stereocenters. The molecule has 108 valence electrons. The summed E-state index contributed by atoms with van der Waals surface area (Å²) in [5.41, 5.74) is 0. The normalized spacial score (nSPS) is 18.4. The Morgan fingerprint density at radius 3 is 2.42 bits per heavy atom. The second-order valence-corrected chi connectivity index (χ2v) is 4.86. The number of halogens is 1. The number of nitrogens with zero attached hydrogens (tertiary/aromatic N) is 1. The van der Waals surface area contributed by atoms with E-state index in [0.29, 0.717) is 25.9 Å². The summed E-state index contributed by atoms with van der Waals surface area (Å²) >= 11 is 0. The van der Waals surface area contributed by atoms with Gasteiger partial charge in [-0.25, -0.2) is 0 Å². The second kappa shape index (κ2) is 7.45. The molecule has 2 fully saturated rings. The van der Waals surface area contributed by atoms with E-state index in [1.807, 2.05) is 0 Å². The zero-order valence-corrected chi connectivity index (χ0v) is 11.6. The number of nitrogens with one attached hydrogen (secondary N) is 2. The van der Waals surface area contributed by atoms with Gasteiger partial charge in [0.15, 0.2) is 0 Å². The lowest BCUT2D eigenvalue weighted by atomic mass is 10.4. The Hall–Kier alpha value is -1.14. The molecule has 1 aliphatic heterocycles. The van der Waals surface area contributed by atoms with Crippen molar-refractivity contribution in [2.24, 2.45) is 5.92 Å². The van der Waals surface area contributed by atoms with Crippen molar-refractivity contribution in [1.82, 2.24) is 15.5 Å². The van der Waals surface area contributed by atoms with Gasteiger partial charge in [0.2, 0.25) is 17.7 Å². The van der Waals surface area contributed by atoms with E-state index in [1.54, 1.807) is 0 Å². The average molecular weight is 290 g/mol. The van der Waals surface area contributed by atoms with Gasteiger partial charge >= 0.3 is 0 Å². The first kappa shape index (κ1) is 15.9. The van der Waals surface area contributed by atoms with E-state index < -0.39 is 0 Å².